The molecule has 9 heteroatoms. The number of imidazole rings is 1. The first-order valence-corrected chi connectivity index (χ1v) is 10.5. The summed E-state index contributed by atoms with van der Waals surface area (Å²) in [6.07, 6.45) is 3.42. The van der Waals surface area contributed by atoms with E-state index in [0.717, 1.165) is 0 Å². The van der Waals surface area contributed by atoms with Gasteiger partial charge in [-0.15, -0.1) is 0 Å². The zero-order chi connectivity index (χ0) is 23.5. The number of hydrogen-bond acceptors (Lipinski definition) is 5. The van der Waals surface area contributed by atoms with Gasteiger partial charge < -0.3 is 14.6 Å². The molecule has 168 valence electrons. The number of aryl methyl sites for hydroxylation is 2. The van der Waals surface area contributed by atoms with Crippen LogP contribution in [0.1, 0.15) is 33.6 Å². The molecule has 1 amide bonds. The molecule has 4 rings (SSSR count). The normalized spacial score (nSPS) is 11.8. The largest absolute Gasteiger partial charge is 0.496 e. The van der Waals surface area contributed by atoms with Crippen molar-refractivity contribution in [2.24, 2.45) is 7.05 Å². The third kappa shape index (κ3) is 4.51. The molecule has 0 aliphatic rings. The number of nitrogens with zero attached hydrogens (tertiary/aromatic N) is 4. The first kappa shape index (κ1) is 22.3. The summed E-state index contributed by atoms with van der Waals surface area (Å²) >= 11 is 5.99. The van der Waals surface area contributed by atoms with Crippen LogP contribution in [0.5, 0.6) is 5.75 Å². The number of rotatable bonds is 6. The number of carbonyl (C=O) groups is 1. The Balaban J connectivity index is 1.76. The third-order valence-electron chi connectivity index (χ3n) is 5.24. The van der Waals surface area contributed by atoms with Crippen molar-refractivity contribution in [1.29, 1.82) is 0 Å². The smallest absolute Gasteiger partial charge is 0.276 e. The molecule has 0 spiro atoms. The van der Waals surface area contributed by atoms with Crippen LogP contribution < -0.4 is 15.5 Å². The number of methoxy groups -OCH3 is 1. The molecule has 0 radical (unpaired) electrons. The lowest BCUT2D eigenvalue weighted by Crippen LogP contribution is -2.36. The minimum absolute atomic E-state index is 0.232. The van der Waals surface area contributed by atoms with E-state index in [4.69, 9.17) is 16.3 Å². The van der Waals surface area contributed by atoms with E-state index in [-0.39, 0.29) is 5.69 Å². The van der Waals surface area contributed by atoms with Crippen molar-refractivity contribution < 1.29 is 9.53 Å². The van der Waals surface area contributed by atoms with Gasteiger partial charge in [-0.25, -0.2) is 9.67 Å². The molecule has 0 aliphatic carbocycles. The van der Waals surface area contributed by atoms with Crippen molar-refractivity contribution in [3.63, 3.8) is 0 Å². The molecule has 0 saturated heterocycles. The van der Waals surface area contributed by atoms with Gasteiger partial charge in [0.15, 0.2) is 5.69 Å². The molecule has 1 atom stereocenters. The molecule has 1 unspecified atom stereocenters. The van der Waals surface area contributed by atoms with E-state index in [0.29, 0.717) is 33.5 Å². The quantitative estimate of drug-likeness (QED) is 0.473. The second kappa shape index (κ2) is 9.30. The summed E-state index contributed by atoms with van der Waals surface area (Å²) in [7, 11) is 3.39. The molecule has 0 fully saturated rings. The molecule has 33 heavy (non-hydrogen) atoms. The maximum atomic E-state index is 13.3. The Kier molecular flexibility index (Phi) is 6.28. The van der Waals surface area contributed by atoms with Crippen molar-refractivity contribution >= 4 is 17.5 Å². The van der Waals surface area contributed by atoms with Crippen molar-refractivity contribution in [2.45, 2.75) is 13.0 Å². The predicted molar refractivity (Wildman–Crippen MR) is 125 cm³/mol. The van der Waals surface area contributed by atoms with Crippen molar-refractivity contribution in [3.05, 3.63) is 105 Å². The summed E-state index contributed by atoms with van der Waals surface area (Å²) in [4.78, 5) is 30.4. The van der Waals surface area contributed by atoms with Gasteiger partial charge in [-0.3, -0.25) is 9.59 Å². The highest BCUT2D eigenvalue weighted by Crippen LogP contribution is 2.29. The number of ether oxygens (including phenoxy) is 1. The summed E-state index contributed by atoms with van der Waals surface area (Å²) in [6, 6.07) is 15.0. The van der Waals surface area contributed by atoms with Crippen LogP contribution in [0.3, 0.4) is 0 Å². The molecule has 0 saturated carbocycles. The van der Waals surface area contributed by atoms with Gasteiger partial charge in [-0.2, -0.15) is 5.10 Å². The zero-order valence-electron chi connectivity index (χ0n) is 18.3. The monoisotopic (exact) mass is 463 g/mol. The molecule has 1 N–H and O–H groups in total. The Labute approximate surface area is 195 Å². The van der Waals surface area contributed by atoms with Crippen LogP contribution in [0, 0.1) is 6.92 Å². The van der Waals surface area contributed by atoms with Crippen molar-refractivity contribution in [1.82, 2.24) is 24.6 Å². The summed E-state index contributed by atoms with van der Waals surface area (Å²) in [5, 5.41) is 7.85. The Morgan fingerprint density at radius 1 is 1.15 bits per heavy atom. The van der Waals surface area contributed by atoms with Crippen LogP contribution in [-0.4, -0.2) is 32.3 Å². The standard InChI is InChI=1S/C24H22ClN5O3/c1-15-14-19(31)22(28-30(15)17-10-8-16(25)9-11-17)24(32)27-21(23-26-12-13-29(23)2)18-6-4-5-7-20(18)33-3/h4-14,21H,1-3H3,(H,27,32). The van der Waals surface area contributed by atoms with Gasteiger partial charge in [-0.05, 0) is 37.3 Å². The highest BCUT2D eigenvalue weighted by Gasteiger charge is 2.26. The topological polar surface area (TPSA) is 91.0 Å². The lowest BCUT2D eigenvalue weighted by Gasteiger charge is -2.21. The maximum absolute atomic E-state index is 13.3. The molecule has 2 aromatic carbocycles. The molecule has 2 heterocycles. The Morgan fingerprint density at radius 3 is 2.55 bits per heavy atom. The lowest BCUT2D eigenvalue weighted by atomic mass is 10.0. The van der Waals surface area contributed by atoms with Crippen molar-refractivity contribution in [2.75, 3.05) is 7.11 Å². The fourth-order valence-electron chi connectivity index (χ4n) is 3.59. The van der Waals surface area contributed by atoms with Crippen LogP contribution in [0.4, 0.5) is 0 Å². The van der Waals surface area contributed by atoms with E-state index in [9.17, 15) is 9.59 Å². The summed E-state index contributed by atoms with van der Waals surface area (Å²) < 4.78 is 8.83. The number of para-hydroxylation sites is 1. The Hall–Kier alpha value is -3.91. The maximum Gasteiger partial charge on any atom is 0.276 e. The van der Waals surface area contributed by atoms with Crippen LogP contribution in [0.25, 0.3) is 5.69 Å². The van der Waals surface area contributed by atoms with Gasteiger partial charge in [-0.1, -0.05) is 29.8 Å². The first-order chi connectivity index (χ1) is 15.9. The minimum atomic E-state index is -0.667. The minimum Gasteiger partial charge on any atom is -0.496 e. The number of nitrogens with one attached hydrogen (secondary N) is 1. The molecule has 4 aromatic rings. The SMILES string of the molecule is COc1ccccc1C(NC(=O)c1nn(-c2ccc(Cl)cc2)c(C)cc1=O)c1nccn1C. The lowest BCUT2D eigenvalue weighted by molar-refractivity contribution is 0.0932. The molecular formula is C24H22ClN5O3. The predicted octanol–water partition coefficient (Wildman–Crippen LogP) is 3.46. The highest BCUT2D eigenvalue weighted by atomic mass is 35.5. The molecule has 0 bridgehead atoms. The van der Waals surface area contributed by atoms with E-state index >= 15 is 0 Å². The zero-order valence-corrected chi connectivity index (χ0v) is 19.1. The number of hydrogen-bond donors (Lipinski definition) is 1. The molecule has 8 nitrogen and oxygen atoms in total. The average molecular weight is 464 g/mol. The van der Waals surface area contributed by atoms with Gasteiger partial charge in [0, 0.05) is 41.8 Å². The first-order valence-electron chi connectivity index (χ1n) is 10.2. The number of aromatic nitrogens is 4. The van der Waals surface area contributed by atoms with E-state index in [1.54, 1.807) is 61.3 Å². The van der Waals surface area contributed by atoms with Crippen LogP contribution in [-0.2, 0) is 7.05 Å². The fourth-order valence-corrected chi connectivity index (χ4v) is 3.72. The molecule has 0 aliphatic heterocycles. The van der Waals surface area contributed by atoms with Crippen LogP contribution in [0.15, 0.2) is 71.8 Å². The van der Waals surface area contributed by atoms with Gasteiger partial charge >= 0.3 is 0 Å². The number of halogens is 1. The van der Waals surface area contributed by atoms with Gasteiger partial charge in [0.25, 0.3) is 5.91 Å². The van der Waals surface area contributed by atoms with Gasteiger partial charge in [0.1, 0.15) is 17.6 Å². The number of amides is 1. The Morgan fingerprint density at radius 2 is 1.88 bits per heavy atom. The summed E-state index contributed by atoms with van der Waals surface area (Å²) in [5.74, 6) is 0.542. The van der Waals surface area contributed by atoms with E-state index in [2.05, 4.69) is 15.4 Å². The van der Waals surface area contributed by atoms with Gasteiger partial charge in [0.05, 0.1) is 12.8 Å². The fraction of sp³-hybridized carbons (Fsp3) is 0.167. The number of carbonyl (C=O) groups excluding carboxylic acids is 1. The Bertz CT molecular complexity index is 1360. The van der Waals surface area contributed by atoms with E-state index in [1.165, 1.54) is 10.7 Å². The van der Waals surface area contributed by atoms with Crippen LogP contribution in [0.2, 0.25) is 5.02 Å². The molecule has 2 aromatic heterocycles. The molecular weight excluding hydrogens is 442 g/mol. The van der Waals surface area contributed by atoms with E-state index in [1.807, 2.05) is 25.2 Å². The second-order valence-electron chi connectivity index (χ2n) is 7.43. The summed E-state index contributed by atoms with van der Waals surface area (Å²) in [6.45, 7) is 1.75. The van der Waals surface area contributed by atoms with Gasteiger partial charge in [0.2, 0.25) is 5.43 Å². The average Bonchev–Trinajstić information content (AvgIpc) is 3.23. The van der Waals surface area contributed by atoms with E-state index < -0.39 is 17.4 Å². The number of benzene rings is 2. The second-order valence-corrected chi connectivity index (χ2v) is 7.87. The highest BCUT2D eigenvalue weighted by molar-refractivity contribution is 6.30. The van der Waals surface area contributed by atoms with Crippen LogP contribution >= 0.6 is 11.6 Å². The summed E-state index contributed by atoms with van der Waals surface area (Å²) in [5.41, 5.74) is 1.26. The third-order valence-corrected chi connectivity index (χ3v) is 5.49. The van der Waals surface area contributed by atoms with Crippen molar-refractivity contribution in [3.8, 4) is 11.4 Å².